The summed E-state index contributed by atoms with van der Waals surface area (Å²) in [6, 6.07) is 10.8. The molecule has 1 unspecified atom stereocenters. The average molecular weight is 255 g/mol. The number of hydrogen-bond donors (Lipinski definition) is 0. The lowest BCUT2D eigenvalue weighted by Gasteiger charge is -2.24. The lowest BCUT2D eigenvalue weighted by atomic mass is 10.0. The average Bonchev–Trinajstić information content (AvgIpc) is 2.94. The SMILES string of the molecule is O=C1CCC2c3ccsc3Cc3ccccc3N12. The number of carbonyl (C=O) groups is 1. The standard InChI is InChI=1S/C15H13NOS/c17-15-6-5-13-11-7-8-18-14(11)9-10-3-1-2-4-12(10)16(13)15/h1-4,7-8,13H,5-6,9H2. The monoisotopic (exact) mass is 255 g/mol. The zero-order valence-corrected chi connectivity index (χ0v) is 10.7. The predicted octanol–water partition coefficient (Wildman–Crippen LogP) is 3.52. The van der Waals surface area contributed by atoms with E-state index in [9.17, 15) is 4.79 Å². The second kappa shape index (κ2) is 3.69. The van der Waals surface area contributed by atoms with Crippen LogP contribution >= 0.6 is 11.3 Å². The Balaban J connectivity index is 1.98. The third-order valence-corrected chi connectivity index (χ3v) is 4.89. The first-order valence-electron chi connectivity index (χ1n) is 6.31. The Morgan fingerprint density at radius 1 is 1.22 bits per heavy atom. The fourth-order valence-corrected chi connectivity index (χ4v) is 4.10. The quantitative estimate of drug-likeness (QED) is 0.705. The van der Waals surface area contributed by atoms with E-state index >= 15 is 0 Å². The molecule has 90 valence electrons. The van der Waals surface area contributed by atoms with E-state index in [-0.39, 0.29) is 11.9 Å². The maximum absolute atomic E-state index is 12.2. The van der Waals surface area contributed by atoms with Crippen LogP contribution in [-0.4, -0.2) is 5.91 Å². The van der Waals surface area contributed by atoms with E-state index in [0.717, 1.165) is 18.5 Å². The Labute approximate surface area is 110 Å². The summed E-state index contributed by atoms with van der Waals surface area (Å²) in [4.78, 5) is 15.6. The number of para-hydroxylation sites is 1. The van der Waals surface area contributed by atoms with Gasteiger partial charge in [0.05, 0.1) is 6.04 Å². The van der Waals surface area contributed by atoms with Gasteiger partial charge < -0.3 is 4.90 Å². The van der Waals surface area contributed by atoms with E-state index in [0.29, 0.717) is 6.42 Å². The number of rotatable bonds is 0. The van der Waals surface area contributed by atoms with E-state index in [4.69, 9.17) is 0 Å². The fraction of sp³-hybridized carbons (Fsp3) is 0.267. The van der Waals surface area contributed by atoms with Crippen LogP contribution in [0, 0.1) is 0 Å². The van der Waals surface area contributed by atoms with Crippen LogP contribution in [0.3, 0.4) is 0 Å². The van der Waals surface area contributed by atoms with Crippen molar-refractivity contribution in [2.45, 2.75) is 25.3 Å². The molecule has 1 aromatic carbocycles. The van der Waals surface area contributed by atoms with E-state index in [2.05, 4.69) is 29.6 Å². The minimum atomic E-state index is 0.266. The third kappa shape index (κ3) is 1.31. The van der Waals surface area contributed by atoms with Gasteiger partial charge >= 0.3 is 0 Å². The molecule has 0 saturated carbocycles. The Hall–Kier alpha value is -1.61. The van der Waals surface area contributed by atoms with Crippen LogP contribution in [-0.2, 0) is 11.2 Å². The zero-order valence-electron chi connectivity index (χ0n) is 9.93. The molecule has 2 aliphatic heterocycles. The first kappa shape index (κ1) is 10.3. The summed E-state index contributed by atoms with van der Waals surface area (Å²) >= 11 is 1.81. The molecular weight excluding hydrogens is 242 g/mol. The van der Waals surface area contributed by atoms with Crippen molar-refractivity contribution in [2.75, 3.05) is 4.90 Å². The first-order chi connectivity index (χ1) is 8.84. The van der Waals surface area contributed by atoms with E-state index in [1.165, 1.54) is 16.0 Å². The maximum Gasteiger partial charge on any atom is 0.227 e. The third-order valence-electron chi connectivity index (χ3n) is 3.95. The lowest BCUT2D eigenvalue weighted by Crippen LogP contribution is -2.27. The summed E-state index contributed by atoms with van der Waals surface area (Å²) in [6.45, 7) is 0. The molecule has 0 radical (unpaired) electrons. The van der Waals surface area contributed by atoms with Gasteiger partial charge in [-0.2, -0.15) is 0 Å². The molecule has 3 heteroatoms. The highest BCUT2D eigenvalue weighted by molar-refractivity contribution is 7.10. The van der Waals surface area contributed by atoms with Crippen molar-refractivity contribution < 1.29 is 4.79 Å². The number of thiophene rings is 1. The number of anilines is 1. The zero-order chi connectivity index (χ0) is 12.1. The van der Waals surface area contributed by atoms with Gasteiger partial charge in [0, 0.05) is 23.4 Å². The van der Waals surface area contributed by atoms with Gasteiger partial charge in [-0.05, 0) is 35.1 Å². The smallest absolute Gasteiger partial charge is 0.227 e. The Bertz CT molecular complexity index is 631. The molecule has 0 spiro atoms. The second-order valence-electron chi connectivity index (χ2n) is 4.92. The maximum atomic E-state index is 12.2. The highest BCUT2D eigenvalue weighted by Gasteiger charge is 2.37. The molecule has 18 heavy (non-hydrogen) atoms. The summed E-state index contributed by atoms with van der Waals surface area (Å²) in [6.07, 6.45) is 2.59. The Morgan fingerprint density at radius 2 is 2.11 bits per heavy atom. The van der Waals surface area contributed by atoms with E-state index < -0.39 is 0 Å². The summed E-state index contributed by atoms with van der Waals surface area (Å²) in [5, 5.41) is 2.15. The number of carbonyl (C=O) groups excluding carboxylic acids is 1. The van der Waals surface area contributed by atoms with Crippen molar-refractivity contribution in [3.8, 4) is 0 Å². The van der Waals surface area contributed by atoms with Crippen LogP contribution in [0.4, 0.5) is 5.69 Å². The van der Waals surface area contributed by atoms with Gasteiger partial charge in [0.2, 0.25) is 5.91 Å². The van der Waals surface area contributed by atoms with Crippen molar-refractivity contribution in [3.63, 3.8) is 0 Å². The van der Waals surface area contributed by atoms with Gasteiger partial charge in [0.25, 0.3) is 0 Å². The highest BCUT2D eigenvalue weighted by atomic mass is 32.1. The summed E-state index contributed by atoms with van der Waals surface area (Å²) in [5.74, 6) is 0.270. The molecule has 1 fully saturated rings. The molecule has 2 aliphatic rings. The molecule has 0 bridgehead atoms. The minimum absolute atomic E-state index is 0.266. The molecule has 1 atom stereocenters. The number of nitrogens with zero attached hydrogens (tertiary/aromatic N) is 1. The van der Waals surface area contributed by atoms with E-state index in [1.807, 2.05) is 22.3 Å². The molecular formula is C15H13NOS. The van der Waals surface area contributed by atoms with Gasteiger partial charge in [-0.3, -0.25) is 4.79 Å². The molecule has 1 saturated heterocycles. The van der Waals surface area contributed by atoms with Crippen molar-refractivity contribution in [1.29, 1.82) is 0 Å². The summed E-state index contributed by atoms with van der Waals surface area (Å²) < 4.78 is 0. The van der Waals surface area contributed by atoms with Crippen LogP contribution in [0.1, 0.15) is 34.9 Å². The van der Waals surface area contributed by atoms with Crippen molar-refractivity contribution in [2.24, 2.45) is 0 Å². The molecule has 0 aliphatic carbocycles. The van der Waals surface area contributed by atoms with Crippen LogP contribution in [0.2, 0.25) is 0 Å². The molecule has 1 aromatic heterocycles. The molecule has 3 heterocycles. The largest absolute Gasteiger partial charge is 0.305 e. The Morgan fingerprint density at radius 3 is 3.06 bits per heavy atom. The topological polar surface area (TPSA) is 20.3 Å². The Kier molecular flexibility index (Phi) is 2.12. The van der Waals surface area contributed by atoms with Crippen LogP contribution in [0.15, 0.2) is 35.7 Å². The molecule has 0 N–H and O–H groups in total. The van der Waals surface area contributed by atoms with Crippen LogP contribution < -0.4 is 4.90 Å². The normalized spacial score (nSPS) is 21.2. The number of fused-ring (bicyclic) bond motifs is 5. The van der Waals surface area contributed by atoms with E-state index in [1.54, 1.807) is 0 Å². The molecule has 2 aromatic rings. The number of amides is 1. The first-order valence-corrected chi connectivity index (χ1v) is 7.19. The van der Waals surface area contributed by atoms with Gasteiger partial charge in [0.15, 0.2) is 0 Å². The summed E-state index contributed by atoms with van der Waals surface area (Å²) in [5.41, 5.74) is 3.76. The van der Waals surface area contributed by atoms with Gasteiger partial charge in [0.1, 0.15) is 0 Å². The molecule has 2 nitrogen and oxygen atoms in total. The van der Waals surface area contributed by atoms with Crippen LogP contribution in [0.25, 0.3) is 0 Å². The van der Waals surface area contributed by atoms with Gasteiger partial charge in [-0.25, -0.2) is 0 Å². The summed E-state index contributed by atoms with van der Waals surface area (Å²) in [7, 11) is 0. The van der Waals surface area contributed by atoms with Gasteiger partial charge in [-0.1, -0.05) is 18.2 Å². The van der Waals surface area contributed by atoms with Crippen molar-refractivity contribution in [1.82, 2.24) is 0 Å². The minimum Gasteiger partial charge on any atom is -0.305 e. The number of benzene rings is 1. The highest BCUT2D eigenvalue weighted by Crippen LogP contribution is 2.44. The number of hydrogen-bond acceptors (Lipinski definition) is 2. The van der Waals surface area contributed by atoms with Crippen molar-refractivity contribution >= 4 is 22.9 Å². The second-order valence-corrected chi connectivity index (χ2v) is 5.92. The van der Waals surface area contributed by atoms with Crippen molar-refractivity contribution in [3.05, 3.63) is 51.7 Å². The van der Waals surface area contributed by atoms with Crippen LogP contribution in [0.5, 0.6) is 0 Å². The lowest BCUT2D eigenvalue weighted by molar-refractivity contribution is -0.117. The molecule has 4 rings (SSSR count). The predicted molar refractivity (Wildman–Crippen MR) is 73.0 cm³/mol. The van der Waals surface area contributed by atoms with Gasteiger partial charge in [-0.15, -0.1) is 11.3 Å². The fourth-order valence-electron chi connectivity index (χ4n) is 3.14. The molecule has 1 amide bonds.